The molecule has 1 atom stereocenters. The van der Waals surface area contributed by atoms with Crippen LogP contribution in [0.2, 0.25) is 0 Å². The smallest absolute Gasteiger partial charge is 0.226 e. The van der Waals surface area contributed by atoms with Gasteiger partial charge in [0.2, 0.25) is 5.95 Å². The minimum absolute atomic E-state index is 0.228. The second-order valence-corrected chi connectivity index (χ2v) is 7.33. The molecule has 1 N–H and O–H groups in total. The lowest BCUT2D eigenvalue weighted by atomic mass is 10.1. The summed E-state index contributed by atoms with van der Waals surface area (Å²) in [5.41, 5.74) is 4.99. The van der Waals surface area contributed by atoms with Crippen molar-refractivity contribution in [3.05, 3.63) is 48.8 Å². The lowest BCUT2D eigenvalue weighted by Crippen LogP contribution is -2.44. The number of aromatic nitrogens is 5. The molecule has 0 aliphatic carbocycles. The van der Waals surface area contributed by atoms with Crippen LogP contribution in [-0.4, -0.2) is 50.5 Å². The first-order chi connectivity index (χ1) is 14.2. The Labute approximate surface area is 169 Å². The number of aryl methyl sites for hydroxylation is 1. The van der Waals surface area contributed by atoms with Crippen molar-refractivity contribution in [1.29, 1.82) is 0 Å². The van der Waals surface area contributed by atoms with E-state index in [2.05, 4.69) is 59.2 Å². The van der Waals surface area contributed by atoms with Crippen molar-refractivity contribution in [1.82, 2.24) is 24.7 Å². The number of hydrogen-bond donors (Lipinski definition) is 1. The first-order valence-corrected chi connectivity index (χ1v) is 10.1. The fourth-order valence-corrected chi connectivity index (χ4v) is 3.97. The highest BCUT2D eigenvalue weighted by Crippen LogP contribution is 2.31. The summed E-state index contributed by atoms with van der Waals surface area (Å²) >= 11 is 0. The molecule has 1 fully saturated rings. The summed E-state index contributed by atoms with van der Waals surface area (Å²) in [4.78, 5) is 15.5. The maximum absolute atomic E-state index is 5.62. The third-order valence-electron chi connectivity index (χ3n) is 5.49. The summed E-state index contributed by atoms with van der Waals surface area (Å²) in [6.07, 6.45) is 3.79. The van der Waals surface area contributed by atoms with E-state index in [1.807, 2.05) is 23.1 Å². The number of rotatable bonds is 4. The van der Waals surface area contributed by atoms with Gasteiger partial charge >= 0.3 is 0 Å². The summed E-state index contributed by atoms with van der Waals surface area (Å²) in [6, 6.07) is 12.7. The molecule has 7 nitrogen and oxygen atoms in total. The molecule has 0 amide bonds. The van der Waals surface area contributed by atoms with Crippen molar-refractivity contribution >= 4 is 16.9 Å². The van der Waals surface area contributed by atoms with Crippen molar-refractivity contribution in [3.63, 3.8) is 0 Å². The number of morpholine rings is 1. The summed E-state index contributed by atoms with van der Waals surface area (Å²) in [7, 11) is 0. The monoisotopic (exact) mass is 388 g/mol. The topological polar surface area (TPSA) is 71.9 Å². The Bertz CT molecular complexity index is 1150. The summed E-state index contributed by atoms with van der Waals surface area (Å²) in [6.45, 7) is 7.18. The number of nitrogens with zero attached hydrogens (tertiary/aromatic N) is 5. The number of hydrogen-bond acceptors (Lipinski definition) is 5. The van der Waals surface area contributed by atoms with Crippen LogP contribution in [0.25, 0.3) is 33.5 Å². The second-order valence-electron chi connectivity index (χ2n) is 7.33. The molecule has 29 heavy (non-hydrogen) atoms. The van der Waals surface area contributed by atoms with Gasteiger partial charge in [0.15, 0.2) is 0 Å². The molecule has 7 heteroatoms. The van der Waals surface area contributed by atoms with E-state index < -0.39 is 0 Å². The molecule has 1 aliphatic heterocycles. The van der Waals surface area contributed by atoms with E-state index >= 15 is 0 Å². The fourth-order valence-electron chi connectivity index (χ4n) is 3.97. The zero-order valence-electron chi connectivity index (χ0n) is 16.7. The van der Waals surface area contributed by atoms with Crippen molar-refractivity contribution < 1.29 is 4.74 Å². The van der Waals surface area contributed by atoms with E-state index in [1.165, 1.54) is 0 Å². The van der Waals surface area contributed by atoms with Crippen LogP contribution in [0.5, 0.6) is 0 Å². The number of ether oxygens (including phenoxy) is 1. The average molecular weight is 388 g/mol. The third-order valence-corrected chi connectivity index (χ3v) is 5.49. The minimum Gasteiger partial charge on any atom is -0.377 e. The zero-order valence-corrected chi connectivity index (χ0v) is 16.7. The standard InChI is InChI=1S/C22H24N6O/c1-3-28-21(8-10-24-28)20-13-19(16-5-4-6-18-17(16)7-9-23-18)25-22(26-20)27-11-12-29-14-15(27)2/h4-10,13,15,23H,3,11-12,14H2,1-2H3/t15-/m1/s1. The highest BCUT2D eigenvalue weighted by atomic mass is 16.5. The van der Waals surface area contributed by atoms with Gasteiger partial charge in [-0.25, -0.2) is 9.97 Å². The number of fused-ring (bicyclic) bond motifs is 1. The Morgan fingerprint density at radius 3 is 2.93 bits per heavy atom. The molecular weight excluding hydrogens is 364 g/mol. The van der Waals surface area contributed by atoms with Gasteiger partial charge in [-0.05, 0) is 38.1 Å². The molecule has 148 valence electrons. The quantitative estimate of drug-likeness (QED) is 0.577. The fraction of sp³-hybridized carbons (Fsp3) is 0.318. The Morgan fingerprint density at radius 1 is 1.17 bits per heavy atom. The van der Waals surface area contributed by atoms with Crippen molar-refractivity contribution in [2.45, 2.75) is 26.4 Å². The lowest BCUT2D eigenvalue weighted by molar-refractivity contribution is 0.0981. The highest BCUT2D eigenvalue weighted by Gasteiger charge is 2.23. The van der Waals surface area contributed by atoms with E-state index in [9.17, 15) is 0 Å². The minimum atomic E-state index is 0.228. The van der Waals surface area contributed by atoms with Gasteiger partial charge in [0.25, 0.3) is 0 Å². The van der Waals surface area contributed by atoms with Crippen molar-refractivity contribution in [2.24, 2.45) is 0 Å². The van der Waals surface area contributed by atoms with E-state index in [0.717, 1.165) is 52.6 Å². The average Bonchev–Trinajstić information content (AvgIpc) is 3.42. The highest BCUT2D eigenvalue weighted by molar-refractivity contribution is 5.94. The largest absolute Gasteiger partial charge is 0.377 e. The van der Waals surface area contributed by atoms with E-state index in [0.29, 0.717) is 13.2 Å². The molecular formula is C22H24N6O. The van der Waals surface area contributed by atoms with Crippen molar-refractivity contribution in [3.8, 4) is 22.6 Å². The number of H-pyrrole nitrogens is 1. The van der Waals surface area contributed by atoms with Gasteiger partial charge in [-0.3, -0.25) is 4.68 Å². The zero-order chi connectivity index (χ0) is 19.8. The molecule has 4 aromatic rings. The molecule has 5 rings (SSSR count). The van der Waals surface area contributed by atoms with E-state index in [-0.39, 0.29) is 6.04 Å². The second kappa shape index (κ2) is 7.33. The van der Waals surface area contributed by atoms with E-state index in [1.54, 1.807) is 0 Å². The maximum atomic E-state index is 5.62. The van der Waals surface area contributed by atoms with Crippen LogP contribution in [0.1, 0.15) is 13.8 Å². The van der Waals surface area contributed by atoms with Gasteiger partial charge in [0.1, 0.15) is 0 Å². The van der Waals surface area contributed by atoms with Gasteiger partial charge in [-0.1, -0.05) is 12.1 Å². The normalized spacial score (nSPS) is 17.2. The van der Waals surface area contributed by atoms with Crippen LogP contribution in [0, 0.1) is 0 Å². The number of anilines is 1. The molecule has 0 spiro atoms. The first-order valence-electron chi connectivity index (χ1n) is 10.1. The summed E-state index contributed by atoms with van der Waals surface area (Å²) in [5.74, 6) is 0.740. The number of benzene rings is 1. The Hall–Kier alpha value is -3.19. The molecule has 1 aromatic carbocycles. The van der Waals surface area contributed by atoms with Gasteiger partial charge < -0.3 is 14.6 Å². The molecule has 0 saturated carbocycles. The predicted octanol–water partition coefficient (Wildman–Crippen LogP) is 3.73. The van der Waals surface area contributed by atoms with Crippen molar-refractivity contribution in [2.75, 3.05) is 24.7 Å². The van der Waals surface area contributed by atoms with Crippen LogP contribution in [0.3, 0.4) is 0 Å². The molecule has 3 aromatic heterocycles. The van der Waals surface area contributed by atoms with E-state index in [4.69, 9.17) is 14.7 Å². The Balaban J connectivity index is 1.71. The van der Waals surface area contributed by atoms with Gasteiger partial charge in [-0.2, -0.15) is 5.10 Å². The Kier molecular flexibility index (Phi) is 4.52. The Morgan fingerprint density at radius 2 is 2.07 bits per heavy atom. The van der Waals surface area contributed by atoms with Crippen LogP contribution >= 0.6 is 0 Å². The maximum Gasteiger partial charge on any atom is 0.226 e. The molecule has 0 bridgehead atoms. The summed E-state index contributed by atoms with van der Waals surface area (Å²) < 4.78 is 7.59. The van der Waals surface area contributed by atoms with Crippen LogP contribution in [0.4, 0.5) is 5.95 Å². The molecule has 4 heterocycles. The van der Waals surface area contributed by atoms with Crippen LogP contribution in [-0.2, 0) is 11.3 Å². The van der Waals surface area contributed by atoms with Crippen LogP contribution in [0.15, 0.2) is 48.8 Å². The van der Waals surface area contributed by atoms with Crippen LogP contribution < -0.4 is 4.90 Å². The first kappa shape index (κ1) is 17.9. The molecule has 0 radical (unpaired) electrons. The number of aromatic amines is 1. The SMILES string of the molecule is CCn1nccc1-c1cc(-c2cccc3[nH]ccc23)nc(N2CCOC[C@H]2C)n1. The lowest BCUT2D eigenvalue weighted by Gasteiger charge is -2.33. The summed E-state index contributed by atoms with van der Waals surface area (Å²) in [5, 5.41) is 5.58. The van der Waals surface area contributed by atoms with Gasteiger partial charge in [0.05, 0.1) is 36.3 Å². The number of nitrogens with one attached hydrogen (secondary N) is 1. The molecule has 1 aliphatic rings. The van der Waals surface area contributed by atoms with Gasteiger partial charge in [-0.15, -0.1) is 0 Å². The predicted molar refractivity (Wildman–Crippen MR) is 114 cm³/mol. The molecule has 0 unspecified atom stereocenters. The third kappa shape index (κ3) is 3.17. The molecule has 1 saturated heterocycles. The van der Waals surface area contributed by atoms with Gasteiger partial charge in [0, 0.05) is 41.9 Å².